The molecule has 0 aliphatic heterocycles. The van der Waals surface area contributed by atoms with E-state index >= 15 is 0 Å². The second kappa shape index (κ2) is 4.97. The Labute approximate surface area is 120 Å². The van der Waals surface area contributed by atoms with E-state index < -0.39 is 0 Å². The van der Waals surface area contributed by atoms with Crippen LogP contribution in [0.25, 0.3) is 5.69 Å². The standard InChI is InChI=1S/C13H13N7O/c1-2-9(1)13-17-16-12(21-13)7-14-10-3-5-11(6-4-10)20-8-15-18-19-20/h3-6,8-9,14H,1-2,7H2. The van der Waals surface area contributed by atoms with Crippen LogP contribution in [-0.4, -0.2) is 30.4 Å². The number of nitrogens with one attached hydrogen (secondary N) is 1. The van der Waals surface area contributed by atoms with Gasteiger partial charge in [-0.05, 0) is 47.5 Å². The Hall–Kier alpha value is -2.77. The van der Waals surface area contributed by atoms with Crippen LogP contribution in [0.4, 0.5) is 5.69 Å². The van der Waals surface area contributed by atoms with Crippen molar-refractivity contribution in [3.05, 3.63) is 42.4 Å². The molecule has 8 nitrogen and oxygen atoms in total. The van der Waals surface area contributed by atoms with Crippen molar-refractivity contribution >= 4 is 5.69 Å². The molecule has 21 heavy (non-hydrogen) atoms. The van der Waals surface area contributed by atoms with E-state index in [0.717, 1.165) is 30.1 Å². The van der Waals surface area contributed by atoms with Crippen molar-refractivity contribution in [2.24, 2.45) is 0 Å². The first-order valence-electron chi connectivity index (χ1n) is 6.78. The second-order valence-electron chi connectivity index (χ2n) is 4.96. The minimum atomic E-state index is 0.488. The van der Waals surface area contributed by atoms with Crippen LogP contribution in [0.1, 0.15) is 30.5 Å². The van der Waals surface area contributed by atoms with Gasteiger partial charge >= 0.3 is 0 Å². The molecule has 0 radical (unpaired) electrons. The van der Waals surface area contributed by atoms with Gasteiger partial charge in [-0.25, -0.2) is 4.68 Å². The Balaban J connectivity index is 1.40. The Morgan fingerprint density at radius 2 is 2.05 bits per heavy atom. The van der Waals surface area contributed by atoms with Crippen molar-refractivity contribution in [1.29, 1.82) is 0 Å². The topological polar surface area (TPSA) is 94.6 Å². The van der Waals surface area contributed by atoms with Crippen LogP contribution in [0, 0.1) is 0 Å². The predicted octanol–water partition coefficient (Wildman–Crippen LogP) is 1.53. The molecule has 0 spiro atoms. The minimum Gasteiger partial charge on any atom is -0.423 e. The van der Waals surface area contributed by atoms with Crippen LogP contribution in [0.15, 0.2) is 35.0 Å². The van der Waals surface area contributed by atoms with E-state index in [2.05, 4.69) is 31.0 Å². The minimum absolute atomic E-state index is 0.488. The number of rotatable bonds is 5. The molecular formula is C13H13N7O. The third-order valence-electron chi connectivity index (χ3n) is 3.33. The average molecular weight is 283 g/mol. The quantitative estimate of drug-likeness (QED) is 0.758. The number of anilines is 1. The zero-order valence-corrected chi connectivity index (χ0v) is 11.2. The van der Waals surface area contributed by atoms with Crippen LogP contribution in [0.2, 0.25) is 0 Å². The van der Waals surface area contributed by atoms with Crippen LogP contribution in [-0.2, 0) is 6.54 Å². The highest BCUT2D eigenvalue weighted by molar-refractivity contribution is 5.48. The van der Waals surface area contributed by atoms with Gasteiger partial charge in [0.25, 0.3) is 0 Å². The fourth-order valence-corrected chi connectivity index (χ4v) is 2.02. The summed E-state index contributed by atoms with van der Waals surface area (Å²) in [4.78, 5) is 0. The van der Waals surface area contributed by atoms with Gasteiger partial charge < -0.3 is 9.73 Å². The van der Waals surface area contributed by atoms with Crippen molar-refractivity contribution in [2.45, 2.75) is 25.3 Å². The summed E-state index contributed by atoms with van der Waals surface area (Å²) in [6.07, 6.45) is 3.88. The molecule has 1 aliphatic rings. The van der Waals surface area contributed by atoms with Gasteiger partial charge in [0.1, 0.15) is 6.33 Å². The highest BCUT2D eigenvalue weighted by Gasteiger charge is 2.29. The maximum absolute atomic E-state index is 5.60. The lowest BCUT2D eigenvalue weighted by Crippen LogP contribution is -2.00. The highest BCUT2D eigenvalue weighted by atomic mass is 16.4. The van der Waals surface area contributed by atoms with Crippen LogP contribution in [0.5, 0.6) is 0 Å². The molecule has 0 saturated heterocycles. The molecule has 0 atom stereocenters. The van der Waals surface area contributed by atoms with E-state index in [9.17, 15) is 0 Å². The third kappa shape index (κ3) is 2.60. The Morgan fingerprint density at radius 3 is 2.76 bits per heavy atom. The summed E-state index contributed by atoms with van der Waals surface area (Å²) in [5, 5.41) is 22.4. The summed E-state index contributed by atoms with van der Waals surface area (Å²) in [5.41, 5.74) is 1.87. The molecule has 0 unspecified atom stereocenters. The normalized spacial score (nSPS) is 14.3. The van der Waals surface area contributed by atoms with Gasteiger partial charge in [-0.3, -0.25) is 0 Å². The van der Waals surface area contributed by atoms with Gasteiger partial charge in [0, 0.05) is 11.6 Å². The monoisotopic (exact) mass is 283 g/mol. The number of benzene rings is 1. The molecule has 1 aromatic carbocycles. The lowest BCUT2D eigenvalue weighted by molar-refractivity contribution is 0.457. The van der Waals surface area contributed by atoms with Crippen molar-refractivity contribution < 1.29 is 4.42 Å². The molecule has 2 aromatic heterocycles. The van der Waals surface area contributed by atoms with Crippen LogP contribution >= 0.6 is 0 Å². The number of hydrogen-bond acceptors (Lipinski definition) is 7. The molecule has 1 saturated carbocycles. The molecular weight excluding hydrogens is 270 g/mol. The van der Waals surface area contributed by atoms with Crippen LogP contribution < -0.4 is 5.32 Å². The van der Waals surface area contributed by atoms with E-state index in [1.807, 2.05) is 24.3 Å². The number of nitrogens with zero attached hydrogens (tertiary/aromatic N) is 6. The molecule has 3 aromatic rings. The summed E-state index contributed by atoms with van der Waals surface area (Å²) in [6, 6.07) is 7.77. The molecule has 1 aliphatic carbocycles. The molecule has 106 valence electrons. The number of tetrazole rings is 1. The lowest BCUT2D eigenvalue weighted by Gasteiger charge is -2.04. The first-order valence-corrected chi connectivity index (χ1v) is 6.78. The van der Waals surface area contributed by atoms with E-state index in [0.29, 0.717) is 18.4 Å². The van der Waals surface area contributed by atoms with Gasteiger partial charge in [0.2, 0.25) is 11.8 Å². The van der Waals surface area contributed by atoms with E-state index in [1.165, 1.54) is 0 Å². The largest absolute Gasteiger partial charge is 0.423 e. The van der Waals surface area contributed by atoms with Gasteiger partial charge in [-0.2, -0.15) is 0 Å². The third-order valence-corrected chi connectivity index (χ3v) is 3.33. The molecule has 0 amide bonds. The molecule has 0 bridgehead atoms. The number of aromatic nitrogens is 6. The maximum Gasteiger partial charge on any atom is 0.235 e. The molecule has 4 rings (SSSR count). The summed E-state index contributed by atoms with van der Waals surface area (Å²) in [6.45, 7) is 0.518. The summed E-state index contributed by atoms with van der Waals surface area (Å²) in [5.74, 6) is 1.86. The van der Waals surface area contributed by atoms with Crippen LogP contribution in [0.3, 0.4) is 0 Å². The van der Waals surface area contributed by atoms with Crippen molar-refractivity contribution in [1.82, 2.24) is 30.4 Å². The fourth-order valence-electron chi connectivity index (χ4n) is 2.02. The van der Waals surface area contributed by atoms with E-state index in [1.54, 1.807) is 11.0 Å². The van der Waals surface area contributed by atoms with E-state index in [-0.39, 0.29) is 0 Å². The smallest absolute Gasteiger partial charge is 0.235 e. The Kier molecular flexibility index (Phi) is 2.84. The summed E-state index contributed by atoms with van der Waals surface area (Å²) < 4.78 is 7.20. The zero-order valence-electron chi connectivity index (χ0n) is 11.2. The van der Waals surface area contributed by atoms with Crippen molar-refractivity contribution in [2.75, 3.05) is 5.32 Å². The van der Waals surface area contributed by atoms with E-state index in [4.69, 9.17) is 4.42 Å². The van der Waals surface area contributed by atoms with Crippen molar-refractivity contribution in [3.63, 3.8) is 0 Å². The molecule has 1 fully saturated rings. The fraction of sp³-hybridized carbons (Fsp3) is 0.308. The first kappa shape index (κ1) is 12.0. The SMILES string of the molecule is c1cc(-n2cnnn2)ccc1NCc1nnc(C2CC2)o1. The Morgan fingerprint density at radius 1 is 1.19 bits per heavy atom. The molecule has 2 heterocycles. The van der Waals surface area contributed by atoms with Gasteiger partial charge in [0.15, 0.2) is 0 Å². The van der Waals surface area contributed by atoms with Crippen molar-refractivity contribution in [3.8, 4) is 5.69 Å². The average Bonchev–Trinajstić information content (AvgIpc) is 3.04. The number of hydrogen-bond donors (Lipinski definition) is 1. The first-order chi connectivity index (χ1) is 10.4. The predicted molar refractivity (Wildman–Crippen MR) is 72.8 cm³/mol. The zero-order chi connectivity index (χ0) is 14.1. The lowest BCUT2D eigenvalue weighted by atomic mass is 10.3. The molecule has 8 heteroatoms. The molecule has 1 N–H and O–H groups in total. The van der Waals surface area contributed by atoms with Gasteiger partial charge in [-0.15, -0.1) is 15.3 Å². The van der Waals surface area contributed by atoms with Gasteiger partial charge in [-0.1, -0.05) is 0 Å². The summed E-state index contributed by atoms with van der Waals surface area (Å²) in [7, 11) is 0. The highest BCUT2D eigenvalue weighted by Crippen LogP contribution is 2.38. The maximum atomic E-state index is 5.60. The second-order valence-corrected chi connectivity index (χ2v) is 4.96. The van der Waals surface area contributed by atoms with Gasteiger partial charge in [0.05, 0.1) is 12.2 Å². The Bertz CT molecular complexity index is 715. The summed E-state index contributed by atoms with van der Waals surface area (Å²) >= 11 is 0.